The van der Waals surface area contributed by atoms with Crippen LogP contribution in [0.25, 0.3) is 11.2 Å². The van der Waals surface area contributed by atoms with Crippen LogP contribution in [0, 0.1) is 0 Å². The number of ether oxygens (including phenoxy) is 1. The number of nitrogen functional groups attached to an aromatic ring is 1. The van der Waals surface area contributed by atoms with E-state index in [1.54, 1.807) is 6.33 Å². The van der Waals surface area contributed by atoms with E-state index in [1.807, 2.05) is 16.3 Å². The van der Waals surface area contributed by atoms with Gasteiger partial charge in [0.15, 0.2) is 11.5 Å². The molecule has 1 fully saturated rings. The number of aryl methyl sites for hydroxylation is 1. The SMILES string of the molecule is CC1OCCC1SCCCn1cnc2c(N)ncnc21. The first-order valence-corrected chi connectivity index (χ1v) is 7.95. The van der Waals surface area contributed by atoms with Crippen molar-refractivity contribution < 1.29 is 4.74 Å². The first-order chi connectivity index (χ1) is 9.75. The van der Waals surface area contributed by atoms with Crippen LogP contribution < -0.4 is 5.73 Å². The van der Waals surface area contributed by atoms with Crippen molar-refractivity contribution in [3.05, 3.63) is 12.7 Å². The van der Waals surface area contributed by atoms with E-state index in [1.165, 1.54) is 12.7 Å². The summed E-state index contributed by atoms with van der Waals surface area (Å²) < 4.78 is 7.62. The molecule has 2 aromatic heterocycles. The second-order valence-electron chi connectivity index (χ2n) is 5.00. The lowest BCUT2D eigenvalue weighted by molar-refractivity contribution is 0.127. The van der Waals surface area contributed by atoms with Crippen LogP contribution in [0.2, 0.25) is 0 Å². The predicted molar refractivity (Wildman–Crippen MR) is 80.6 cm³/mol. The van der Waals surface area contributed by atoms with Gasteiger partial charge in [0.2, 0.25) is 0 Å². The molecule has 0 saturated carbocycles. The van der Waals surface area contributed by atoms with Crippen molar-refractivity contribution in [3.8, 4) is 0 Å². The minimum absolute atomic E-state index is 0.390. The minimum atomic E-state index is 0.390. The van der Waals surface area contributed by atoms with E-state index >= 15 is 0 Å². The zero-order valence-electron chi connectivity index (χ0n) is 11.5. The second-order valence-corrected chi connectivity index (χ2v) is 6.34. The van der Waals surface area contributed by atoms with Gasteiger partial charge >= 0.3 is 0 Å². The average molecular weight is 293 g/mol. The Bertz CT molecular complexity index is 587. The highest BCUT2D eigenvalue weighted by atomic mass is 32.2. The molecule has 3 rings (SSSR count). The fraction of sp³-hybridized carbons (Fsp3) is 0.615. The summed E-state index contributed by atoms with van der Waals surface area (Å²) in [5.41, 5.74) is 7.29. The zero-order valence-corrected chi connectivity index (χ0v) is 12.3. The molecule has 0 aromatic carbocycles. The number of imidazole rings is 1. The fourth-order valence-electron chi connectivity index (χ4n) is 2.46. The molecular formula is C13H19N5OS. The molecule has 108 valence electrons. The van der Waals surface area contributed by atoms with Crippen molar-refractivity contribution in [2.45, 2.75) is 37.7 Å². The monoisotopic (exact) mass is 293 g/mol. The highest BCUT2D eigenvalue weighted by molar-refractivity contribution is 7.99. The number of nitrogens with zero attached hydrogens (tertiary/aromatic N) is 4. The Morgan fingerprint density at radius 3 is 3.15 bits per heavy atom. The van der Waals surface area contributed by atoms with Crippen LogP contribution in [0.1, 0.15) is 19.8 Å². The Kier molecular flexibility index (Phi) is 4.07. The molecule has 0 amide bonds. The maximum absolute atomic E-state index is 5.78. The minimum Gasteiger partial charge on any atom is -0.382 e. The molecule has 0 bridgehead atoms. The van der Waals surface area contributed by atoms with Gasteiger partial charge in [-0.05, 0) is 25.5 Å². The largest absolute Gasteiger partial charge is 0.382 e. The van der Waals surface area contributed by atoms with E-state index in [-0.39, 0.29) is 0 Å². The maximum Gasteiger partial charge on any atom is 0.165 e. The highest BCUT2D eigenvalue weighted by Gasteiger charge is 2.23. The zero-order chi connectivity index (χ0) is 13.9. The van der Waals surface area contributed by atoms with Crippen LogP contribution in [0.15, 0.2) is 12.7 Å². The van der Waals surface area contributed by atoms with Gasteiger partial charge in [0.25, 0.3) is 0 Å². The van der Waals surface area contributed by atoms with Crippen LogP contribution in [0.5, 0.6) is 0 Å². The molecule has 1 aliphatic rings. The lowest BCUT2D eigenvalue weighted by atomic mass is 10.3. The standard InChI is InChI=1S/C13H19N5OS/c1-9-10(3-5-19-9)20-6-2-4-18-8-17-11-12(14)15-7-16-13(11)18/h7-10H,2-6H2,1H3,(H2,14,15,16). The molecule has 0 aliphatic carbocycles. The third kappa shape index (κ3) is 2.73. The van der Waals surface area contributed by atoms with Crippen molar-refractivity contribution in [2.24, 2.45) is 0 Å². The first kappa shape index (κ1) is 13.6. The molecule has 2 aromatic rings. The summed E-state index contributed by atoms with van der Waals surface area (Å²) >= 11 is 2.01. The van der Waals surface area contributed by atoms with Gasteiger partial charge in [-0.15, -0.1) is 0 Å². The fourth-order valence-corrected chi connectivity index (χ4v) is 3.67. The number of thioether (sulfide) groups is 1. The van der Waals surface area contributed by atoms with Crippen LogP contribution in [-0.4, -0.2) is 43.2 Å². The average Bonchev–Trinajstić information content (AvgIpc) is 3.03. The van der Waals surface area contributed by atoms with Gasteiger partial charge in [-0.3, -0.25) is 0 Å². The van der Waals surface area contributed by atoms with E-state index in [0.29, 0.717) is 22.7 Å². The third-order valence-electron chi connectivity index (χ3n) is 3.61. The Morgan fingerprint density at radius 1 is 1.45 bits per heavy atom. The summed E-state index contributed by atoms with van der Waals surface area (Å²) in [6.45, 7) is 3.97. The first-order valence-electron chi connectivity index (χ1n) is 6.90. The number of hydrogen-bond donors (Lipinski definition) is 1. The Hall–Kier alpha value is -1.34. The van der Waals surface area contributed by atoms with Crippen LogP contribution in [0.3, 0.4) is 0 Å². The normalized spacial score (nSPS) is 22.6. The van der Waals surface area contributed by atoms with Gasteiger partial charge in [-0.2, -0.15) is 11.8 Å². The summed E-state index contributed by atoms with van der Waals surface area (Å²) in [6.07, 6.45) is 5.93. The van der Waals surface area contributed by atoms with Crippen LogP contribution in [0.4, 0.5) is 5.82 Å². The predicted octanol–water partition coefficient (Wildman–Crippen LogP) is 1.71. The Balaban J connectivity index is 1.54. The maximum atomic E-state index is 5.78. The van der Waals surface area contributed by atoms with Crippen molar-refractivity contribution in [2.75, 3.05) is 18.1 Å². The van der Waals surface area contributed by atoms with Gasteiger partial charge in [0.05, 0.1) is 12.4 Å². The smallest absolute Gasteiger partial charge is 0.165 e. The summed E-state index contributed by atoms with van der Waals surface area (Å²) in [4.78, 5) is 12.5. The van der Waals surface area contributed by atoms with E-state index in [4.69, 9.17) is 10.5 Å². The molecular weight excluding hydrogens is 274 g/mol. The van der Waals surface area contributed by atoms with Gasteiger partial charge in [-0.1, -0.05) is 0 Å². The van der Waals surface area contributed by atoms with Crippen LogP contribution >= 0.6 is 11.8 Å². The van der Waals surface area contributed by atoms with Crippen molar-refractivity contribution >= 4 is 28.7 Å². The second kappa shape index (κ2) is 5.97. The molecule has 0 radical (unpaired) electrons. The van der Waals surface area contributed by atoms with E-state index < -0.39 is 0 Å². The number of nitrogens with two attached hydrogens (primary N) is 1. The van der Waals surface area contributed by atoms with E-state index in [0.717, 1.165) is 31.0 Å². The third-order valence-corrected chi connectivity index (χ3v) is 5.18. The van der Waals surface area contributed by atoms with Gasteiger partial charge in [0, 0.05) is 18.4 Å². The quantitative estimate of drug-likeness (QED) is 0.845. The summed E-state index contributed by atoms with van der Waals surface area (Å²) in [5, 5.41) is 0.646. The van der Waals surface area contributed by atoms with Crippen molar-refractivity contribution in [1.29, 1.82) is 0 Å². The number of anilines is 1. The number of fused-ring (bicyclic) bond motifs is 1. The molecule has 2 N–H and O–H groups in total. The molecule has 0 spiro atoms. The molecule has 2 unspecified atom stereocenters. The van der Waals surface area contributed by atoms with Crippen molar-refractivity contribution in [1.82, 2.24) is 19.5 Å². The van der Waals surface area contributed by atoms with Gasteiger partial charge in [-0.25, -0.2) is 15.0 Å². The summed E-state index contributed by atoms with van der Waals surface area (Å²) in [5.74, 6) is 1.57. The molecule has 3 heterocycles. The molecule has 20 heavy (non-hydrogen) atoms. The Labute approximate surface area is 122 Å². The summed E-state index contributed by atoms with van der Waals surface area (Å²) in [6, 6.07) is 0. The lowest BCUT2D eigenvalue weighted by Gasteiger charge is -2.13. The summed E-state index contributed by atoms with van der Waals surface area (Å²) in [7, 11) is 0. The van der Waals surface area contributed by atoms with Gasteiger partial charge in [0.1, 0.15) is 11.8 Å². The van der Waals surface area contributed by atoms with E-state index in [2.05, 4.69) is 21.9 Å². The molecule has 1 saturated heterocycles. The Morgan fingerprint density at radius 2 is 2.35 bits per heavy atom. The topological polar surface area (TPSA) is 78.9 Å². The molecule has 7 heteroatoms. The van der Waals surface area contributed by atoms with E-state index in [9.17, 15) is 0 Å². The van der Waals surface area contributed by atoms with Crippen LogP contribution in [-0.2, 0) is 11.3 Å². The highest BCUT2D eigenvalue weighted by Crippen LogP contribution is 2.26. The number of aromatic nitrogens is 4. The van der Waals surface area contributed by atoms with Gasteiger partial charge < -0.3 is 15.0 Å². The molecule has 1 aliphatic heterocycles. The lowest BCUT2D eigenvalue weighted by Crippen LogP contribution is -2.14. The molecule has 2 atom stereocenters. The number of rotatable bonds is 5. The molecule has 6 nitrogen and oxygen atoms in total. The number of hydrogen-bond acceptors (Lipinski definition) is 6. The van der Waals surface area contributed by atoms with Crippen molar-refractivity contribution in [3.63, 3.8) is 0 Å².